The SMILES string of the molecule is COc1c(C)cc(-c2c(C)nn(C)c2N)cc1C. The van der Waals surface area contributed by atoms with Crippen LogP contribution in [0.25, 0.3) is 11.1 Å². The van der Waals surface area contributed by atoms with Gasteiger partial charge in [0.2, 0.25) is 0 Å². The number of benzene rings is 1. The number of nitrogens with two attached hydrogens (primary N) is 1. The molecule has 0 radical (unpaired) electrons. The van der Waals surface area contributed by atoms with Crippen LogP contribution in [0, 0.1) is 20.8 Å². The van der Waals surface area contributed by atoms with Crippen LogP contribution in [0.4, 0.5) is 5.82 Å². The highest BCUT2D eigenvalue weighted by molar-refractivity contribution is 5.78. The Balaban J connectivity index is 2.65. The summed E-state index contributed by atoms with van der Waals surface area (Å²) in [5.41, 5.74) is 11.3. The second-order valence-corrected chi connectivity index (χ2v) is 4.61. The number of hydrogen-bond donors (Lipinski definition) is 1. The van der Waals surface area contributed by atoms with E-state index in [9.17, 15) is 0 Å². The van der Waals surface area contributed by atoms with Gasteiger partial charge in [0.05, 0.1) is 12.8 Å². The number of aromatic nitrogens is 2. The third kappa shape index (κ3) is 1.83. The van der Waals surface area contributed by atoms with Crippen LogP contribution in [-0.4, -0.2) is 16.9 Å². The predicted molar refractivity (Wildman–Crippen MR) is 73.8 cm³/mol. The summed E-state index contributed by atoms with van der Waals surface area (Å²) in [6, 6.07) is 4.18. The van der Waals surface area contributed by atoms with E-state index < -0.39 is 0 Å². The smallest absolute Gasteiger partial charge is 0.129 e. The molecule has 0 aliphatic carbocycles. The lowest BCUT2D eigenvalue weighted by Crippen LogP contribution is -1.98. The van der Waals surface area contributed by atoms with Crippen molar-refractivity contribution < 1.29 is 4.74 Å². The van der Waals surface area contributed by atoms with Gasteiger partial charge in [-0.2, -0.15) is 5.10 Å². The highest BCUT2D eigenvalue weighted by Gasteiger charge is 2.15. The van der Waals surface area contributed by atoms with Crippen LogP contribution in [0.2, 0.25) is 0 Å². The molecular formula is C14H19N3O. The zero-order valence-electron chi connectivity index (χ0n) is 11.5. The average molecular weight is 245 g/mol. The van der Waals surface area contributed by atoms with Gasteiger partial charge in [0.15, 0.2) is 0 Å². The molecule has 1 heterocycles. The first-order valence-electron chi connectivity index (χ1n) is 5.90. The molecule has 0 unspecified atom stereocenters. The van der Waals surface area contributed by atoms with Crippen LogP contribution in [0.1, 0.15) is 16.8 Å². The molecule has 1 aromatic carbocycles. The van der Waals surface area contributed by atoms with Crippen molar-refractivity contribution >= 4 is 5.82 Å². The van der Waals surface area contributed by atoms with E-state index >= 15 is 0 Å². The Morgan fingerprint density at radius 2 is 1.72 bits per heavy atom. The van der Waals surface area contributed by atoms with E-state index in [1.165, 1.54) is 0 Å². The third-order valence-electron chi connectivity index (χ3n) is 3.22. The molecule has 2 aromatic rings. The summed E-state index contributed by atoms with van der Waals surface area (Å²) in [6.07, 6.45) is 0. The number of aryl methyl sites for hydroxylation is 4. The maximum Gasteiger partial charge on any atom is 0.129 e. The maximum atomic E-state index is 6.08. The molecule has 4 nitrogen and oxygen atoms in total. The largest absolute Gasteiger partial charge is 0.496 e. The Bertz CT molecular complexity index is 576. The van der Waals surface area contributed by atoms with E-state index in [1.807, 2.05) is 27.8 Å². The molecule has 0 aliphatic heterocycles. The van der Waals surface area contributed by atoms with Crippen LogP contribution in [0.15, 0.2) is 12.1 Å². The van der Waals surface area contributed by atoms with Crippen LogP contribution < -0.4 is 10.5 Å². The molecule has 0 fully saturated rings. The van der Waals surface area contributed by atoms with Gasteiger partial charge in [-0.15, -0.1) is 0 Å². The van der Waals surface area contributed by atoms with Gasteiger partial charge in [0.25, 0.3) is 0 Å². The topological polar surface area (TPSA) is 53.1 Å². The third-order valence-corrected chi connectivity index (χ3v) is 3.22. The monoisotopic (exact) mass is 245 g/mol. The second kappa shape index (κ2) is 4.37. The van der Waals surface area contributed by atoms with Crippen molar-refractivity contribution in [2.45, 2.75) is 20.8 Å². The highest BCUT2D eigenvalue weighted by atomic mass is 16.5. The van der Waals surface area contributed by atoms with Crippen LogP contribution in [0.3, 0.4) is 0 Å². The molecule has 2 N–H and O–H groups in total. The lowest BCUT2D eigenvalue weighted by molar-refractivity contribution is 0.408. The lowest BCUT2D eigenvalue weighted by Gasteiger charge is -2.11. The molecule has 2 rings (SSSR count). The first-order valence-corrected chi connectivity index (χ1v) is 5.90. The summed E-state index contributed by atoms with van der Waals surface area (Å²) in [7, 11) is 3.55. The minimum absolute atomic E-state index is 0.691. The molecule has 4 heteroatoms. The van der Waals surface area contributed by atoms with E-state index in [2.05, 4.69) is 17.2 Å². The fourth-order valence-corrected chi connectivity index (χ4v) is 2.45. The molecular weight excluding hydrogens is 226 g/mol. The number of anilines is 1. The first-order chi connectivity index (χ1) is 8.45. The quantitative estimate of drug-likeness (QED) is 0.884. The Morgan fingerprint density at radius 1 is 1.17 bits per heavy atom. The molecule has 0 aliphatic rings. The molecule has 0 bridgehead atoms. The molecule has 0 saturated heterocycles. The maximum absolute atomic E-state index is 6.08. The summed E-state index contributed by atoms with van der Waals surface area (Å²) in [5.74, 6) is 1.62. The lowest BCUT2D eigenvalue weighted by atomic mass is 9.99. The summed E-state index contributed by atoms with van der Waals surface area (Å²) < 4.78 is 7.09. The number of nitrogens with zero attached hydrogens (tertiary/aromatic N) is 2. The molecule has 1 aromatic heterocycles. The zero-order valence-corrected chi connectivity index (χ0v) is 11.5. The van der Waals surface area contributed by atoms with Crippen molar-refractivity contribution in [2.75, 3.05) is 12.8 Å². The van der Waals surface area contributed by atoms with E-state index in [0.717, 1.165) is 33.7 Å². The van der Waals surface area contributed by atoms with Crippen LogP contribution in [0.5, 0.6) is 5.75 Å². The number of methoxy groups -OCH3 is 1. The standard InChI is InChI=1S/C14H19N3O/c1-8-6-11(7-9(2)13(8)18-5)12-10(3)16-17(4)14(12)15/h6-7H,15H2,1-5H3. The van der Waals surface area contributed by atoms with Crippen LogP contribution in [-0.2, 0) is 7.05 Å². The van der Waals surface area contributed by atoms with Crippen molar-refractivity contribution in [3.05, 3.63) is 29.0 Å². The molecule has 0 atom stereocenters. The van der Waals surface area contributed by atoms with Gasteiger partial charge in [-0.05, 0) is 49.6 Å². The number of ether oxygens (including phenoxy) is 1. The van der Waals surface area contributed by atoms with Gasteiger partial charge in [-0.1, -0.05) is 0 Å². The number of rotatable bonds is 2. The Morgan fingerprint density at radius 3 is 2.11 bits per heavy atom. The van der Waals surface area contributed by atoms with Gasteiger partial charge in [-0.25, -0.2) is 0 Å². The van der Waals surface area contributed by atoms with Crippen LogP contribution >= 0.6 is 0 Å². The summed E-state index contributed by atoms with van der Waals surface area (Å²) in [6.45, 7) is 6.05. The molecule has 96 valence electrons. The number of nitrogen functional groups attached to an aromatic ring is 1. The zero-order chi connectivity index (χ0) is 13.4. The molecule has 0 amide bonds. The average Bonchev–Trinajstić information content (AvgIpc) is 2.52. The van der Waals surface area contributed by atoms with Crippen molar-refractivity contribution in [3.8, 4) is 16.9 Å². The fourth-order valence-electron chi connectivity index (χ4n) is 2.45. The van der Waals surface area contributed by atoms with Gasteiger partial charge in [-0.3, -0.25) is 4.68 Å². The van der Waals surface area contributed by atoms with Gasteiger partial charge < -0.3 is 10.5 Å². The minimum Gasteiger partial charge on any atom is -0.496 e. The Kier molecular flexibility index (Phi) is 3.03. The minimum atomic E-state index is 0.691. The predicted octanol–water partition coefficient (Wildman–Crippen LogP) is 2.60. The van der Waals surface area contributed by atoms with Gasteiger partial charge in [0.1, 0.15) is 11.6 Å². The van der Waals surface area contributed by atoms with Gasteiger partial charge in [0, 0.05) is 12.6 Å². The van der Waals surface area contributed by atoms with E-state index in [4.69, 9.17) is 10.5 Å². The van der Waals surface area contributed by atoms with Crippen molar-refractivity contribution in [3.63, 3.8) is 0 Å². The second-order valence-electron chi connectivity index (χ2n) is 4.61. The van der Waals surface area contributed by atoms with E-state index in [-0.39, 0.29) is 0 Å². The first kappa shape index (κ1) is 12.5. The van der Waals surface area contributed by atoms with E-state index in [0.29, 0.717) is 5.82 Å². The van der Waals surface area contributed by atoms with Crippen molar-refractivity contribution in [1.29, 1.82) is 0 Å². The summed E-state index contributed by atoms with van der Waals surface area (Å²) in [4.78, 5) is 0. The van der Waals surface area contributed by atoms with Gasteiger partial charge >= 0.3 is 0 Å². The molecule has 18 heavy (non-hydrogen) atoms. The summed E-state index contributed by atoms with van der Waals surface area (Å²) in [5, 5.41) is 4.35. The Hall–Kier alpha value is -1.97. The number of hydrogen-bond acceptors (Lipinski definition) is 3. The highest BCUT2D eigenvalue weighted by Crippen LogP contribution is 2.34. The van der Waals surface area contributed by atoms with Crippen molar-refractivity contribution in [2.24, 2.45) is 7.05 Å². The molecule has 0 saturated carbocycles. The summed E-state index contributed by atoms with van der Waals surface area (Å²) >= 11 is 0. The fraction of sp³-hybridized carbons (Fsp3) is 0.357. The normalized spacial score (nSPS) is 10.7. The molecule has 0 spiro atoms. The van der Waals surface area contributed by atoms with Crippen molar-refractivity contribution in [1.82, 2.24) is 9.78 Å². The Labute approximate surface area is 107 Å². The van der Waals surface area contributed by atoms with E-state index in [1.54, 1.807) is 11.8 Å².